The Balaban J connectivity index is 1.90. The van der Waals surface area contributed by atoms with E-state index in [0.29, 0.717) is 5.92 Å². The van der Waals surface area contributed by atoms with Crippen molar-refractivity contribution in [3.63, 3.8) is 0 Å². The summed E-state index contributed by atoms with van der Waals surface area (Å²) in [5, 5.41) is 0. The lowest BCUT2D eigenvalue weighted by Crippen LogP contribution is -2.36. The second kappa shape index (κ2) is 8.73. The van der Waals surface area contributed by atoms with Gasteiger partial charge in [-0.05, 0) is 57.1 Å². The zero-order valence-corrected chi connectivity index (χ0v) is 14.3. The number of nitrogens with zero attached hydrogens (tertiary/aromatic N) is 1. The Morgan fingerprint density at radius 2 is 1.91 bits per heavy atom. The third kappa shape index (κ3) is 5.71. The summed E-state index contributed by atoms with van der Waals surface area (Å²) >= 11 is 0. The van der Waals surface area contributed by atoms with Crippen LogP contribution in [0.1, 0.15) is 31.2 Å². The van der Waals surface area contributed by atoms with Gasteiger partial charge in [-0.2, -0.15) is 0 Å². The van der Waals surface area contributed by atoms with Crippen molar-refractivity contribution in [2.24, 2.45) is 5.92 Å². The molecule has 1 aromatic carbocycles. The summed E-state index contributed by atoms with van der Waals surface area (Å²) in [5.41, 5.74) is 0.955. The van der Waals surface area contributed by atoms with E-state index in [1.807, 2.05) is 24.3 Å². The van der Waals surface area contributed by atoms with Crippen molar-refractivity contribution in [1.82, 2.24) is 4.90 Å². The molecule has 0 unspecified atom stereocenters. The Bertz CT molecular complexity index is 522. The molecule has 0 spiro atoms. The Labute approximate surface area is 139 Å². The van der Waals surface area contributed by atoms with Gasteiger partial charge in [0.15, 0.2) is 0 Å². The highest BCUT2D eigenvalue weighted by molar-refractivity contribution is 5.87. The molecule has 23 heavy (non-hydrogen) atoms. The average molecular weight is 317 g/mol. The maximum atomic E-state index is 12.1. The monoisotopic (exact) mass is 317 g/mol. The summed E-state index contributed by atoms with van der Waals surface area (Å²) in [6, 6.07) is 7.58. The first kappa shape index (κ1) is 17.5. The summed E-state index contributed by atoms with van der Waals surface area (Å²) in [4.78, 5) is 14.3. The van der Waals surface area contributed by atoms with Crippen molar-refractivity contribution in [3.8, 4) is 5.75 Å². The Hall–Kier alpha value is -1.81. The van der Waals surface area contributed by atoms with E-state index in [1.54, 1.807) is 13.2 Å². The zero-order valence-electron chi connectivity index (χ0n) is 14.3. The SMILES string of the molecule is COc1ccc(/C=C/C(=O)O[C@H]2CCCC[C@@H]2CN(C)C)cc1. The van der Waals surface area contributed by atoms with Crippen LogP contribution in [0, 0.1) is 5.92 Å². The van der Waals surface area contributed by atoms with Gasteiger partial charge >= 0.3 is 5.97 Å². The Kier molecular flexibility index (Phi) is 6.66. The predicted molar refractivity (Wildman–Crippen MR) is 92.4 cm³/mol. The van der Waals surface area contributed by atoms with E-state index in [0.717, 1.165) is 37.1 Å². The molecule has 0 amide bonds. The number of hydrogen-bond acceptors (Lipinski definition) is 4. The van der Waals surface area contributed by atoms with Crippen LogP contribution < -0.4 is 4.74 Å². The van der Waals surface area contributed by atoms with Crippen molar-refractivity contribution in [1.29, 1.82) is 0 Å². The largest absolute Gasteiger partial charge is 0.497 e. The molecule has 0 aromatic heterocycles. The van der Waals surface area contributed by atoms with Crippen molar-refractivity contribution in [3.05, 3.63) is 35.9 Å². The number of benzene rings is 1. The molecule has 0 saturated heterocycles. The molecule has 4 nitrogen and oxygen atoms in total. The highest BCUT2D eigenvalue weighted by Gasteiger charge is 2.28. The Morgan fingerprint density at radius 3 is 2.57 bits per heavy atom. The summed E-state index contributed by atoms with van der Waals surface area (Å²) in [6.07, 6.45) is 7.82. The normalized spacial score (nSPS) is 21.6. The standard InChI is InChI=1S/C19H27NO3/c1-20(2)14-16-6-4-5-7-18(16)23-19(21)13-10-15-8-11-17(22-3)12-9-15/h8-13,16,18H,4-7,14H2,1-3H3/b13-10+/t16-,18+/m1/s1. The number of esters is 1. The minimum atomic E-state index is -0.253. The minimum absolute atomic E-state index is 0.0409. The van der Waals surface area contributed by atoms with E-state index in [9.17, 15) is 4.79 Å². The first-order valence-corrected chi connectivity index (χ1v) is 8.26. The van der Waals surface area contributed by atoms with Crippen LogP contribution in [-0.4, -0.2) is 44.7 Å². The number of rotatable bonds is 6. The lowest BCUT2D eigenvalue weighted by Gasteiger charge is -2.32. The molecule has 126 valence electrons. The van der Waals surface area contributed by atoms with E-state index in [4.69, 9.17) is 9.47 Å². The maximum absolute atomic E-state index is 12.1. The molecule has 1 aliphatic rings. The molecular formula is C19H27NO3. The zero-order chi connectivity index (χ0) is 16.7. The third-order valence-corrected chi connectivity index (χ3v) is 4.23. The fourth-order valence-electron chi connectivity index (χ4n) is 3.07. The molecule has 0 radical (unpaired) electrons. The number of carbonyl (C=O) groups excluding carboxylic acids is 1. The molecule has 0 bridgehead atoms. The van der Waals surface area contributed by atoms with Crippen molar-refractivity contribution in [2.75, 3.05) is 27.7 Å². The Morgan fingerprint density at radius 1 is 1.22 bits per heavy atom. The molecule has 2 rings (SSSR count). The minimum Gasteiger partial charge on any atom is -0.497 e. The van der Waals surface area contributed by atoms with Gasteiger partial charge in [0.05, 0.1) is 7.11 Å². The number of methoxy groups -OCH3 is 1. The van der Waals surface area contributed by atoms with Crippen molar-refractivity contribution < 1.29 is 14.3 Å². The fraction of sp³-hybridized carbons (Fsp3) is 0.526. The summed E-state index contributed by atoms with van der Waals surface area (Å²) in [5.74, 6) is 0.993. The molecule has 1 aromatic rings. The van der Waals surface area contributed by atoms with Crippen LogP contribution in [0.2, 0.25) is 0 Å². The molecular weight excluding hydrogens is 290 g/mol. The molecule has 1 saturated carbocycles. The van der Waals surface area contributed by atoms with Crippen LogP contribution >= 0.6 is 0 Å². The van der Waals surface area contributed by atoms with Gasteiger partial charge in [0.2, 0.25) is 0 Å². The fourth-order valence-corrected chi connectivity index (χ4v) is 3.07. The van der Waals surface area contributed by atoms with E-state index in [-0.39, 0.29) is 12.1 Å². The number of carbonyl (C=O) groups is 1. The van der Waals surface area contributed by atoms with Gasteiger partial charge in [-0.3, -0.25) is 0 Å². The molecule has 2 atom stereocenters. The first-order chi connectivity index (χ1) is 11.1. The lowest BCUT2D eigenvalue weighted by molar-refractivity contribution is -0.147. The average Bonchev–Trinajstić information content (AvgIpc) is 2.55. The first-order valence-electron chi connectivity index (χ1n) is 8.26. The smallest absolute Gasteiger partial charge is 0.331 e. The number of ether oxygens (including phenoxy) is 2. The van der Waals surface area contributed by atoms with Gasteiger partial charge < -0.3 is 14.4 Å². The molecule has 1 fully saturated rings. The van der Waals surface area contributed by atoms with Gasteiger partial charge in [0, 0.05) is 18.5 Å². The lowest BCUT2D eigenvalue weighted by atomic mass is 9.86. The van der Waals surface area contributed by atoms with Crippen LogP contribution in [0.3, 0.4) is 0 Å². The quantitative estimate of drug-likeness (QED) is 0.595. The van der Waals surface area contributed by atoms with E-state index < -0.39 is 0 Å². The summed E-state index contributed by atoms with van der Waals surface area (Å²) in [6.45, 7) is 0.972. The number of hydrogen-bond donors (Lipinski definition) is 0. The highest BCUT2D eigenvalue weighted by Crippen LogP contribution is 2.27. The van der Waals surface area contributed by atoms with E-state index in [1.165, 1.54) is 12.5 Å². The molecule has 1 aliphatic carbocycles. The topological polar surface area (TPSA) is 38.8 Å². The molecule has 0 aliphatic heterocycles. The van der Waals surface area contributed by atoms with Crippen molar-refractivity contribution in [2.45, 2.75) is 31.8 Å². The van der Waals surface area contributed by atoms with Gasteiger partial charge in [-0.15, -0.1) is 0 Å². The predicted octanol–water partition coefficient (Wildman–Crippen LogP) is 3.37. The third-order valence-electron chi connectivity index (χ3n) is 4.23. The van der Waals surface area contributed by atoms with E-state index in [2.05, 4.69) is 19.0 Å². The maximum Gasteiger partial charge on any atom is 0.331 e. The second-order valence-electron chi connectivity index (χ2n) is 6.39. The van der Waals surface area contributed by atoms with Crippen LogP contribution in [0.25, 0.3) is 6.08 Å². The van der Waals surface area contributed by atoms with Crippen LogP contribution in [0.5, 0.6) is 5.75 Å². The summed E-state index contributed by atoms with van der Waals surface area (Å²) in [7, 11) is 5.77. The molecule has 4 heteroatoms. The van der Waals surface area contributed by atoms with Gasteiger partial charge in [0.25, 0.3) is 0 Å². The van der Waals surface area contributed by atoms with E-state index >= 15 is 0 Å². The highest BCUT2D eigenvalue weighted by atomic mass is 16.5. The van der Waals surface area contributed by atoms with Gasteiger partial charge in [0.1, 0.15) is 11.9 Å². The van der Waals surface area contributed by atoms with Crippen LogP contribution in [0.4, 0.5) is 0 Å². The van der Waals surface area contributed by atoms with Crippen LogP contribution in [-0.2, 0) is 9.53 Å². The van der Waals surface area contributed by atoms with Gasteiger partial charge in [-0.25, -0.2) is 4.79 Å². The summed E-state index contributed by atoms with van der Waals surface area (Å²) < 4.78 is 10.8. The molecule has 0 N–H and O–H groups in total. The van der Waals surface area contributed by atoms with Gasteiger partial charge in [-0.1, -0.05) is 18.6 Å². The molecule has 0 heterocycles. The second-order valence-corrected chi connectivity index (χ2v) is 6.39. The van der Waals surface area contributed by atoms with Crippen LogP contribution in [0.15, 0.2) is 30.3 Å². The van der Waals surface area contributed by atoms with Crippen molar-refractivity contribution >= 4 is 12.0 Å².